The van der Waals surface area contributed by atoms with Gasteiger partial charge in [0.05, 0.1) is 6.04 Å². The molecule has 2 N–H and O–H groups in total. The fourth-order valence-electron chi connectivity index (χ4n) is 3.12. The third-order valence-electron chi connectivity index (χ3n) is 4.63. The van der Waals surface area contributed by atoms with E-state index in [1.807, 2.05) is 0 Å². The third-order valence-corrected chi connectivity index (χ3v) is 4.63. The summed E-state index contributed by atoms with van der Waals surface area (Å²) in [5.74, 6) is -2.89. The average Bonchev–Trinajstić information content (AvgIpc) is 3.05. The number of hydrogen-bond acceptors (Lipinski definition) is 3. The Morgan fingerprint density at radius 3 is 2.65 bits per heavy atom. The normalized spacial score (nSPS) is 26.9. The smallest absolute Gasteiger partial charge is 0.354 e. The molecule has 3 atom stereocenters. The van der Waals surface area contributed by atoms with Crippen LogP contribution in [0.5, 0.6) is 0 Å². The molecule has 0 aromatic carbocycles. The van der Waals surface area contributed by atoms with Gasteiger partial charge in [-0.15, -0.1) is 0 Å². The highest BCUT2D eigenvalue weighted by molar-refractivity contribution is 5.82. The first-order valence-corrected chi connectivity index (χ1v) is 8.15. The number of carbonyl (C=O) groups is 2. The van der Waals surface area contributed by atoms with Crippen molar-refractivity contribution in [2.45, 2.75) is 44.8 Å². The van der Waals surface area contributed by atoms with Crippen molar-refractivity contribution in [1.29, 1.82) is 0 Å². The Balaban J connectivity index is 1.81. The summed E-state index contributed by atoms with van der Waals surface area (Å²) < 4.78 is 38.0. The molecule has 0 aliphatic carbocycles. The quantitative estimate of drug-likeness (QED) is 0.814. The topological polar surface area (TPSA) is 61.4 Å². The predicted molar refractivity (Wildman–Crippen MR) is 78.6 cm³/mol. The lowest BCUT2D eigenvalue weighted by Gasteiger charge is -2.35. The number of hydrogen-bond donors (Lipinski definition) is 2. The van der Waals surface area contributed by atoms with Crippen LogP contribution in [-0.4, -0.2) is 55.1 Å². The van der Waals surface area contributed by atoms with Crippen molar-refractivity contribution < 1.29 is 22.8 Å². The van der Waals surface area contributed by atoms with Gasteiger partial charge < -0.3 is 15.5 Å². The Morgan fingerprint density at radius 1 is 1.30 bits per heavy atom. The van der Waals surface area contributed by atoms with Gasteiger partial charge in [0.15, 0.2) is 0 Å². The molecule has 2 aliphatic rings. The number of rotatable bonds is 4. The van der Waals surface area contributed by atoms with Crippen LogP contribution < -0.4 is 10.6 Å². The summed E-state index contributed by atoms with van der Waals surface area (Å²) in [5.41, 5.74) is 0. The van der Waals surface area contributed by atoms with Crippen LogP contribution in [0, 0.1) is 11.8 Å². The van der Waals surface area contributed by atoms with E-state index in [1.165, 1.54) is 4.90 Å². The van der Waals surface area contributed by atoms with Gasteiger partial charge in [-0.25, -0.2) is 0 Å². The summed E-state index contributed by atoms with van der Waals surface area (Å²) >= 11 is 0. The Bertz CT molecular complexity index is 436. The molecule has 5 nitrogen and oxygen atoms in total. The number of amides is 2. The lowest BCUT2D eigenvalue weighted by atomic mass is 9.96. The SMILES string of the molecule is CC(C(=O)N1CCCC(CNC(=O)C2CCCN2)C1)C(F)(F)F. The first kappa shape index (κ1) is 18.0. The van der Waals surface area contributed by atoms with Crippen LogP contribution in [0.25, 0.3) is 0 Å². The highest BCUT2D eigenvalue weighted by atomic mass is 19.4. The summed E-state index contributed by atoms with van der Waals surface area (Å²) in [6.45, 7) is 2.77. The minimum atomic E-state index is -4.51. The van der Waals surface area contributed by atoms with E-state index in [4.69, 9.17) is 0 Å². The number of nitrogens with zero attached hydrogens (tertiary/aromatic N) is 1. The van der Waals surface area contributed by atoms with E-state index in [1.54, 1.807) is 0 Å². The predicted octanol–water partition coefficient (Wildman–Crippen LogP) is 1.29. The molecule has 0 aromatic rings. The number of likely N-dealkylation sites (tertiary alicyclic amines) is 1. The maximum atomic E-state index is 12.7. The van der Waals surface area contributed by atoms with Crippen molar-refractivity contribution in [1.82, 2.24) is 15.5 Å². The molecule has 0 saturated carbocycles. The molecule has 2 rings (SSSR count). The van der Waals surface area contributed by atoms with E-state index in [2.05, 4.69) is 10.6 Å². The first-order chi connectivity index (χ1) is 10.8. The molecule has 0 aromatic heterocycles. The minimum Gasteiger partial charge on any atom is -0.354 e. The van der Waals surface area contributed by atoms with E-state index in [9.17, 15) is 22.8 Å². The summed E-state index contributed by atoms with van der Waals surface area (Å²) in [6.07, 6.45) is -1.25. The van der Waals surface area contributed by atoms with E-state index < -0.39 is 18.0 Å². The van der Waals surface area contributed by atoms with Crippen LogP contribution >= 0.6 is 0 Å². The second-order valence-electron chi connectivity index (χ2n) is 6.45. The molecule has 8 heteroatoms. The fourth-order valence-corrected chi connectivity index (χ4v) is 3.12. The highest BCUT2D eigenvalue weighted by Gasteiger charge is 2.43. The standard InChI is InChI=1S/C15H24F3N3O2/c1-10(15(16,17)18)14(23)21-7-3-4-11(9-21)8-20-13(22)12-5-2-6-19-12/h10-12,19H,2-9H2,1H3,(H,20,22). The van der Waals surface area contributed by atoms with Gasteiger partial charge in [0, 0.05) is 19.6 Å². The van der Waals surface area contributed by atoms with Gasteiger partial charge in [0.25, 0.3) is 0 Å². The number of nitrogens with one attached hydrogen (secondary N) is 2. The zero-order valence-corrected chi connectivity index (χ0v) is 13.3. The Kier molecular flexibility index (Phi) is 5.89. The third kappa shape index (κ3) is 4.83. The van der Waals surface area contributed by atoms with Crippen LogP contribution in [0.3, 0.4) is 0 Å². The van der Waals surface area contributed by atoms with E-state index in [0.717, 1.165) is 32.7 Å². The van der Waals surface area contributed by atoms with Crippen molar-refractivity contribution in [3.63, 3.8) is 0 Å². The minimum absolute atomic E-state index is 0.0125. The molecule has 2 heterocycles. The molecule has 0 radical (unpaired) electrons. The zero-order chi connectivity index (χ0) is 17.0. The van der Waals surface area contributed by atoms with Crippen LogP contribution in [0.1, 0.15) is 32.6 Å². The monoisotopic (exact) mass is 335 g/mol. The fraction of sp³-hybridized carbons (Fsp3) is 0.867. The van der Waals surface area contributed by atoms with E-state index >= 15 is 0 Å². The molecule has 2 fully saturated rings. The van der Waals surface area contributed by atoms with Crippen LogP contribution in [0.2, 0.25) is 0 Å². The molecular formula is C15H24F3N3O2. The van der Waals surface area contributed by atoms with Gasteiger partial charge in [-0.3, -0.25) is 9.59 Å². The summed E-state index contributed by atoms with van der Waals surface area (Å²) in [6, 6.07) is -0.165. The molecule has 2 amide bonds. The van der Waals surface area contributed by atoms with Crippen molar-refractivity contribution in [2.75, 3.05) is 26.2 Å². The van der Waals surface area contributed by atoms with Crippen LogP contribution in [-0.2, 0) is 9.59 Å². The lowest BCUT2D eigenvalue weighted by molar-refractivity contribution is -0.186. The largest absolute Gasteiger partial charge is 0.400 e. The summed E-state index contributed by atoms with van der Waals surface area (Å²) in [5, 5.41) is 5.95. The molecule has 2 aliphatic heterocycles. The van der Waals surface area contributed by atoms with E-state index in [-0.39, 0.29) is 24.4 Å². The summed E-state index contributed by atoms with van der Waals surface area (Å²) in [7, 11) is 0. The number of piperidine rings is 1. The lowest BCUT2D eigenvalue weighted by Crippen LogP contribution is -2.49. The molecule has 0 bridgehead atoms. The van der Waals surface area contributed by atoms with Crippen molar-refractivity contribution >= 4 is 11.8 Å². The second kappa shape index (κ2) is 7.51. The Morgan fingerprint density at radius 2 is 2.04 bits per heavy atom. The van der Waals surface area contributed by atoms with Crippen molar-refractivity contribution in [3.05, 3.63) is 0 Å². The molecule has 23 heavy (non-hydrogen) atoms. The van der Waals surface area contributed by atoms with E-state index in [0.29, 0.717) is 19.5 Å². The maximum Gasteiger partial charge on any atom is 0.400 e. The first-order valence-electron chi connectivity index (χ1n) is 8.15. The molecule has 3 unspecified atom stereocenters. The van der Waals surface area contributed by atoms with Crippen LogP contribution in [0.15, 0.2) is 0 Å². The van der Waals surface area contributed by atoms with Gasteiger partial charge in [0.1, 0.15) is 5.92 Å². The maximum absolute atomic E-state index is 12.7. The number of carbonyl (C=O) groups excluding carboxylic acids is 2. The second-order valence-corrected chi connectivity index (χ2v) is 6.45. The molecule has 132 valence electrons. The molecule has 0 spiro atoms. The van der Waals surface area contributed by atoms with Crippen molar-refractivity contribution in [2.24, 2.45) is 11.8 Å². The summed E-state index contributed by atoms with van der Waals surface area (Å²) in [4.78, 5) is 25.2. The number of alkyl halides is 3. The number of halogens is 3. The van der Waals surface area contributed by atoms with Gasteiger partial charge >= 0.3 is 6.18 Å². The van der Waals surface area contributed by atoms with Gasteiger partial charge in [-0.05, 0) is 45.1 Å². The van der Waals surface area contributed by atoms with Gasteiger partial charge in [0.2, 0.25) is 11.8 Å². The van der Waals surface area contributed by atoms with Crippen molar-refractivity contribution in [3.8, 4) is 0 Å². The Hall–Kier alpha value is -1.31. The Labute approximate surface area is 134 Å². The molecular weight excluding hydrogens is 311 g/mol. The zero-order valence-electron chi connectivity index (χ0n) is 13.3. The highest BCUT2D eigenvalue weighted by Crippen LogP contribution is 2.29. The van der Waals surface area contributed by atoms with Crippen LogP contribution in [0.4, 0.5) is 13.2 Å². The van der Waals surface area contributed by atoms with Gasteiger partial charge in [-0.2, -0.15) is 13.2 Å². The van der Waals surface area contributed by atoms with Gasteiger partial charge in [-0.1, -0.05) is 0 Å². The molecule has 2 saturated heterocycles. The average molecular weight is 335 g/mol.